The molecule has 0 radical (unpaired) electrons. The van der Waals surface area contributed by atoms with Crippen LogP contribution in [0.3, 0.4) is 0 Å². The largest absolute Gasteiger partial charge is 0.385 e. The highest BCUT2D eigenvalue weighted by Gasteiger charge is 2.03. The van der Waals surface area contributed by atoms with Crippen LogP contribution in [-0.4, -0.2) is 31.6 Å². The van der Waals surface area contributed by atoms with Gasteiger partial charge < -0.3 is 10.2 Å². The quantitative estimate of drug-likeness (QED) is 0.648. The van der Waals surface area contributed by atoms with Crippen molar-refractivity contribution in [3.63, 3.8) is 0 Å². The molecule has 1 heterocycles. The van der Waals surface area contributed by atoms with Crippen molar-refractivity contribution in [2.45, 2.75) is 12.5 Å². The zero-order valence-electron chi connectivity index (χ0n) is 7.25. The maximum absolute atomic E-state index is 3.28. The summed E-state index contributed by atoms with van der Waals surface area (Å²) in [6, 6.07) is 0.530. The fourth-order valence-electron chi connectivity index (χ4n) is 1.07. The van der Waals surface area contributed by atoms with Gasteiger partial charge in [0.15, 0.2) is 0 Å². The first-order valence-corrected chi connectivity index (χ1v) is 4.03. The molecule has 1 unspecified atom stereocenters. The van der Waals surface area contributed by atoms with Crippen LogP contribution in [-0.2, 0) is 0 Å². The molecule has 0 amide bonds. The van der Waals surface area contributed by atoms with Gasteiger partial charge in [-0.05, 0) is 39.3 Å². The van der Waals surface area contributed by atoms with Gasteiger partial charge in [-0.3, -0.25) is 0 Å². The van der Waals surface area contributed by atoms with Crippen LogP contribution in [0.15, 0.2) is 24.4 Å². The van der Waals surface area contributed by atoms with E-state index in [0.717, 1.165) is 6.54 Å². The van der Waals surface area contributed by atoms with Crippen LogP contribution >= 0.6 is 0 Å². The summed E-state index contributed by atoms with van der Waals surface area (Å²) in [5.74, 6) is 0. The molecule has 62 valence electrons. The molecule has 1 N–H and O–H groups in total. The lowest BCUT2D eigenvalue weighted by Gasteiger charge is -2.17. The van der Waals surface area contributed by atoms with Crippen LogP contribution in [0.1, 0.15) is 6.42 Å². The lowest BCUT2D eigenvalue weighted by molar-refractivity contribution is 0.384. The number of rotatable bonds is 3. The Labute approximate surface area is 68.6 Å². The van der Waals surface area contributed by atoms with Crippen molar-refractivity contribution < 1.29 is 0 Å². The molecular weight excluding hydrogens is 136 g/mol. The Morgan fingerprint density at radius 2 is 2.18 bits per heavy atom. The summed E-state index contributed by atoms with van der Waals surface area (Å²) in [7, 11) is 4.20. The minimum absolute atomic E-state index is 0.530. The number of nitrogens with one attached hydrogen (secondary N) is 1. The van der Waals surface area contributed by atoms with Gasteiger partial charge in [-0.2, -0.15) is 0 Å². The summed E-state index contributed by atoms with van der Waals surface area (Å²) in [5.41, 5.74) is 0. The Morgan fingerprint density at radius 3 is 2.73 bits per heavy atom. The second-order valence-electron chi connectivity index (χ2n) is 3.11. The predicted molar refractivity (Wildman–Crippen MR) is 48.4 cm³/mol. The molecule has 1 aliphatic rings. The molecule has 0 fully saturated rings. The smallest absolute Gasteiger partial charge is 0.0454 e. The fraction of sp³-hybridized carbons (Fsp3) is 0.556. The van der Waals surface area contributed by atoms with Crippen molar-refractivity contribution in [3.05, 3.63) is 24.4 Å². The second-order valence-corrected chi connectivity index (χ2v) is 3.11. The lowest BCUT2D eigenvalue weighted by Crippen LogP contribution is -2.28. The average molecular weight is 152 g/mol. The van der Waals surface area contributed by atoms with Crippen molar-refractivity contribution in [3.8, 4) is 0 Å². The van der Waals surface area contributed by atoms with Crippen LogP contribution in [0.5, 0.6) is 0 Å². The highest BCUT2D eigenvalue weighted by Crippen LogP contribution is 1.99. The van der Waals surface area contributed by atoms with Gasteiger partial charge in [0.05, 0.1) is 0 Å². The zero-order chi connectivity index (χ0) is 8.10. The van der Waals surface area contributed by atoms with Gasteiger partial charge in [0.25, 0.3) is 0 Å². The minimum Gasteiger partial charge on any atom is -0.385 e. The number of allylic oxidation sites excluding steroid dienone is 2. The standard InChI is InChI=1S/C9H16N2/c1-11(2)8-6-9-5-3-4-7-10-9/h3-5,7,9-10H,6,8H2,1-2H3. The summed E-state index contributed by atoms with van der Waals surface area (Å²) >= 11 is 0. The van der Waals surface area contributed by atoms with E-state index in [2.05, 4.69) is 36.5 Å². The van der Waals surface area contributed by atoms with E-state index in [0.29, 0.717) is 6.04 Å². The summed E-state index contributed by atoms with van der Waals surface area (Å²) < 4.78 is 0. The molecule has 1 aliphatic heterocycles. The third-order valence-electron chi connectivity index (χ3n) is 1.75. The van der Waals surface area contributed by atoms with Crippen molar-refractivity contribution in [1.29, 1.82) is 0 Å². The van der Waals surface area contributed by atoms with Crippen LogP contribution in [0.4, 0.5) is 0 Å². The van der Waals surface area contributed by atoms with Gasteiger partial charge in [0.1, 0.15) is 0 Å². The Bertz CT molecular complexity index is 159. The molecule has 11 heavy (non-hydrogen) atoms. The van der Waals surface area contributed by atoms with Crippen molar-refractivity contribution >= 4 is 0 Å². The van der Waals surface area contributed by atoms with E-state index in [1.54, 1.807) is 0 Å². The topological polar surface area (TPSA) is 15.3 Å². The van der Waals surface area contributed by atoms with Gasteiger partial charge in [-0.15, -0.1) is 0 Å². The summed E-state index contributed by atoms with van der Waals surface area (Å²) in [6.07, 6.45) is 9.49. The van der Waals surface area contributed by atoms with Crippen LogP contribution in [0.25, 0.3) is 0 Å². The van der Waals surface area contributed by atoms with Crippen molar-refractivity contribution in [2.75, 3.05) is 20.6 Å². The van der Waals surface area contributed by atoms with Crippen molar-refractivity contribution in [1.82, 2.24) is 10.2 Å². The maximum atomic E-state index is 3.28. The van der Waals surface area contributed by atoms with E-state index in [1.165, 1.54) is 6.42 Å². The molecule has 0 aromatic heterocycles. The first kappa shape index (κ1) is 8.34. The van der Waals surface area contributed by atoms with Crippen LogP contribution < -0.4 is 5.32 Å². The Morgan fingerprint density at radius 1 is 1.36 bits per heavy atom. The molecule has 0 aromatic carbocycles. The van der Waals surface area contributed by atoms with Gasteiger partial charge in [0, 0.05) is 6.04 Å². The average Bonchev–Trinajstić information content (AvgIpc) is 2.03. The molecule has 0 saturated carbocycles. The van der Waals surface area contributed by atoms with E-state index >= 15 is 0 Å². The summed E-state index contributed by atoms with van der Waals surface area (Å²) in [6.45, 7) is 1.13. The molecule has 1 rings (SSSR count). The molecular formula is C9H16N2. The number of hydrogen-bond donors (Lipinski definition) is 1. The summed E-state index contributed by atoms with van der Waals surface area (Å²) in [4.78, 5) is 2.20. The SMILES string of the molecule is CN(C)CCC1C=CC=CN1. The highest BCUT2D eigenvalue weighted by atomic mass is 15.1. The molecule has 0 saturated heterocycles. The van der Waals surface area contributed by atoms with Crippen molar-refractivity contribution in [2.24, 2.45) is 0 Å². The maximum Gasteiger partial charge on any atom is 0.0454 e. The molecule has 2 heteroatoms. The Kier molecular flexibility index (Phi) is 3.17. The molecule has 0 spiro atoms. The van der Waals surface area contributed by atoms with Gasteiger partial charge in [-0.1, -0.05) is 12.2 Å². The Hall–Kier alpha value is -0.760. The monoisotopic (exact) mass is 152 g/mol. The van der Waals surface area contributed by atoms with E-state index in [9.17, 15) is 0 Å². The number of hydrogen-bond acceptors (Lipinski definition) is 2. The highest BCUT2D eigenvalue weighted by molar-refractivity contribution is 5.11. The van der Waals surface area contributed by atoms with Gasteiger partial charge >= 0.3 is 0 Å². The Balaban J connectivity index is 2.17. The fourth-order valence-corrected chi connectivity index (χ4v) is 1.07. The molecule has 2 nitrogen and oxygen atoms in total. The van der Waals surface area contributed by atoms with E-state index in [-0.39, 0.29) is 0 Å². The van der Waals surface area contributed by atoms with E-state index < -0.39 is 0 Å². The third-order valence-corrected chi connectivity index (χ3v) is 1.75. The van der Waals surface area contributed by atoms with E-state index in [1.807, 2.05) is 12.3 Å². The first-order valence-electron chi connectivity index (χ1n) is 4.03. The zero-order valence-corrected chi connectivity index (χ0v) is 7.25. The predicted octanol–water partition coefficient (Wildman–Crippen LogP) is 0.980. The molecule has 1 atom stereocenters. The number of nitrogens with zero attached hydrogens (tertiary/aromatic N) is 1. The molecule has 0 bridgehead atoms. The van der Waals surface area contributed by atoms with Gasteiger partial charge in [-0.25, -0.2) is 0 Å². The molecule has 0 aliphatic carbocycles. The normalized spacial score (nSPS) is 22.3. The third kappa shape index (κ3) is 3.23. The van der Waals surface area contributed by atoms with E-state index in [4.69, 9.17) is 0 Å². The molecule has 0 aromatic rings. The first-order chi connectivity index (χ1) is 5.29. The van der Waals surface area contributed by atoms with Crippen LogP contribution in [0, 0.1) is 0 Å². The van der Waals surface area contributed by atoms with Gasteiger partial charge in [0.2, 0.25) is 0 Å². The summed E-state index contributed by atoms with van der Waals surface area (Å²) in [5, 5.41) is 3.28. The number of dihydropyridines is 1. The second kappa shape index (κ2) is 4.19. The van der Waals surface area contributed by atoms with Crippen LogP contribution in [0.2, 0.25) is 0 Å². The minimum atomic E-state index is 0.530. The lowest BCUT2D eigenvalue weighted by atomic mass is 10.1.